The zero-order valence-corrected chi connectivity index (χ0v) is 14.1. The molecule has 1 atom stereocenters. The molecule has 0 radical (unpaired) electrons. The van der Waals surface area contributed by atoms with Crippen LogP contribution in [0.25, 0.3) is 0 Å². The zero-order chi connectivity index (χ0) is 16.2. The molecule has 1 aliphatic heterocycles. The first-order valence-electron chi connectivity index (χ1n) is 7.65. The molecule has 122 valence electrons. The minimum absolute atomic E-state index is 0.103. The van der Waals surface area contributed by atoms with Gasteiger partial charge in [-0.05, 0) is 6.92 Å². The average molecular weight is 332 g/mol. The number of rotatable bonds is 5. The third kappa shape index (κ3) is 3.56. The molecule has 2 aromatic rings. The summed E-state index contributed by atoms with van der Waals surface area (Å²) in [7, 11) is 1.94. The largest absolute Gasteiger partial charge is 0.378 e. The molecule has 1 saturated heterocycles. The van der Waals surface area contributed by atoms with Crippen LogP contribution in [0, 0.1) is 0 Å². The SMILES string of the molecule is CC(Sc1nnc(N2CCOCC2)n1C)C(=O)c1ccccc1. The van der Waals surface area contributed by atoms with Gasteiger partial charge < -0.3 is 9.64 Å². The van der Waals surface area contributed by atoms with Gasteiger partial charge in [-0.15, -0.1) is 10.2 Å². The standard InChI is InChI=1S/C16H20N4O2S/c1-12(14(21)13-6-4-3-5-7-13)23-16-18-17-15(19(16)2)20-8-10-22-11-9-20/h3-7,12H,8-11H2,1-2H3. The number of aromatic nitrogens is 3. The van der Waals surface area contributed by atoms with E-state index in [-0.39, 0.29) is 11.0 Å². The molecule has 0 amide bonds. The lowest BCUT2D eigenvalue weighted by atomic mass is 10.1. The van der Waals surface area contributed by atoms with Crippen molar-refractivity contribution < 1.29 is 9.53 Å². The van der Waals surface area contributed by atoms with E-state index < -0.39 is 0 Å². The minimum atomic E-state index is -0.210. The highest BCUT2D eigenvalue weighted by molar-refractivity contribution is 8.00. The summed E-state index contributed by atoms with van der Waals surface area (Å²) in [5, 5.41) is 9.07. The number of ketones is 1. The summed E-state index contributed by atoms with van der Waals surface area (Å²) in [6.45, 7) is 4.95. The normalized spacial score (nSPS) is 16.3. The zero-order valence-electron chi connectivity index (χ0n) is 13.3. The second kappa shape index (κ2) is 7.14. The van der Waals surface area contributed by atoms with E-state index in [1.54, 1.807) is 0 Å². The molecule has 6 nitrogen and oxygen atoms in total. The van der Waals surface area contributed by atoms with Gasteiger partial charge in [0.25, 0.3) is 0 Å². The van der Waals surface area contributed by atoms with E-state index in [1.165, 1.54) is 11.8 Å². The maximum Gasteiger partial charge on any atom is 0.227 e. The smallest absolute Gasteiger partial charge is 0.227 e. The Hall–Kier alpha value is -1.86. The summed E-state index contributed by atoms with van der Waals surface area (Å²) >= 11 is 1.44. The quantitative estimate of drug-likeness (QED) is 0.617. The summed E-state index contributed by atoms with van der Waals surface area (Å²) < 4.78 is 7.31. The van der Waals surface area contributed by atoms with Gasteiger partial charge in [0.15, 0.2) is 10.9 Å². The van der Waals surface area contributed by atoms with Crippen LogP contribution in [0.4, 0.5) is 5.95 Å². The van der Waals surface area contributed by atoms with Gasteiger partial charge in [-0.2, -0.15) is 0 Å². The van der Waals surface area contributed by atoms with Gasteiger partial charge in [0.05, 0.1) is 18.5 Å². The first-order valence-corrected chi connectivity index (χ1v) is 8.53. The van der Waals surface area contributed by atoms with Crippen LogP contribution in [-0.2, 0) is 11.8 Å². The lowest BCUT2D eigenvalue weighted by Gasteiger charge is -2.27. The third-order valence-corrected chi connectivity index (χ3v) is 4.95. The molecular weight excluding hydrogens is 312 g/mol. The van der Waals surface area contributed by atoms with Crippen LogP contribution < -0.4 is 4.90 Å². The lowest BCUT2D eigenvalue weighted by molar-refractivity contribution is 0.0994. The molecule has 2 heterocycles. The van der Waals surface area contributed by atoms with Gasteiger partial charge in [0.2, 0.25) is 5.95 Å². The Labute approximate surface area is 139 Å². The fraction of sp³-hybridized carbons (Fsp3) is 0.438. The van der Waals surface area contributed by atoms with Crippen molar-refractivity contribution >= 4 is 23.5 Å². The Bertz CT molecular complexity index is 668. The van der Waals surface area contributed by atoms with Crippen LogP contribution in [0.2, 0.25) is 0 Å². The molecule has 1 aromatic carbocycles. The highest BCUT2D eigenvalue weighted by Gasteiger charge is 2.22. The number of Topliss-reactive ketones (excluding diaryl/α,β-unsaturated/α-hetero) is 1. The third-order valence-electron chi connectivity index (χ3n) is 3.82. The average Bonchev–Trinajstić information content (AvgIpc) is 2.96. The van der Waals surface area contributed by atoms with Crippen LogP contribution >= 0.6 is 11.8 Å². The number of carbonyl (C=O) groups is 1. The monoisotopic (exact) mass is 332 g/mol. The number of morpholine rings is 1. The van der Waals surface area contributed by atoms with Crippen molar-refractivity contribution in [1.82, 2.24) is 14.8 Å². The van der Waals surface area contributed by atoms with Crippen LogP contribution in [0.15, 0.2) is 35.5 Å². The Morgan fingerprint density at radius 1 is 1.22 bits per heavy atom. The number of hydrogen-bond donors (Lipinski definition) is 0. The second-order valence-electron chi connectivity index (χ2n) is 5.43. The summed E-state index contributed by atoms with van der Waals surface area (Å²) in [5.41, 5.74) is 0.725. The van der Waals surface area contributed by atoms with Crippen LogP contribution in [-0.4, -0.2) is 52.1 Å². The maximum atomic E-state index is 12.5. The van der Waals surface area contributed by atoms with E-state index in [2.05, 4.69) is 15.1 Å². The van der Waals surface area contributed by atoms with Gasteiger partial charge >= 0.3 is 0 Å². The number of carbonyl (C=O) groups excluding carboxylic acids is 1. The van der Waals surface area contributed by atoms with Gasteiger partial charge in [-0.1, -0.05) is 42.1 Å². The summed E-state index contributed by atoms with van der Waals surface area (Å²) in [6.07, 6.45) is 0. The molecule has 23 heavy (non-hydrogen) atoms. The molecule has 0 saturated carbocycles. The molecule has 3 rings (SSSR count). The fourth-order valence-electron chi connectivity index (χ4n) is 2.50. The Morgan fingerprint density at radius 2 is 1.91 bits per heavy atom. The van der Waals surface area contributed by atoms with Crippen LogP contribution in [0.1, 0.15) is 17.3 Å². The molecule has 1 unspecified atom stereocenters. The molecular formula is C16H20N4O2S. The number of thioether (sulfide) groups is 1. The highest BCUT2D eigenvalue weighted by atomic mass is 32.2. The Kier molecular flexibility index (Phi) is 4.97. The summed E-state index contributed by atoms with van der Waals surface area (Å²) in [5.74, 6) is 0.932. The van der Waals surface area contributed by atoms with Crippen molar-refractivity contribution in [2.24, 2.45) is 7.05 Å². The van der Waals surface area contributed by atoms with Gasteiger partial charge in [-0.3, -0.25) is 9.36 Å². The number of benzene rings is 1. The van der Waals surface area contributed by atoms with Crippen molar-refractivity contribution in [3.05, 3.63) is 35.9 Å². The number of nitrogens with zero attached hydrogens (tertiary/aromatic N) is 4. The Balaban J connectivity index is 1.70. The molecule has 0 N–H and O–H groups in total. The molecule has 0 aliphatic carbocycles. The molecule has 7 heteroatoms. The van der Waals surface area contributed by atoms with Gasteiger partial charge in [-0.25, -0.2) is 0 Å². The van der Waals surface area contributed by atoms with Gasteiger partial charge in [0.1, 0.15) is 0 Å². The molecule has 1 aliphatic rings. The number of ether oxygens (including phenoxy) is 1. The van der Waals surface area contributed by atoms with Crippen LogP contribution in [0.5, 0.6) is 0 Å². The number of hydrogen-bond acceptors (Lipinski definition) is 6. The van der Waals surface area contributed by atoms with E-state index in [4.69, 9.17) is 4.74 Å². The van der Waals surface area contributed by atoms with E-state index in [1.807, 2.05) is 48.9 Å². The molecule has 1 fully saturated rings. The van der Waals surface area contributed by atoms with Crippen molar-refractivity contribution in [1.29, 1.82) is 0 Å². The van der Waals surface area contributed by atoms with E-state index in [0.717, 1.165) is 29.8 Å². The first kappa shape index (κ1) is 16.0. The van der Waals surface area contributed by atoms with Crippen LogP contribution in [0.3, 0.4) is 0 Å². The van der Waals surface area contributed by atoms with Gasteiger partial charge in [0, 0.05) is 25.7 Å². The lowest BCUT2D eigenvalue weighted by Crippen LogP contribution is -2.37. The Morgan fingerprint density at radius 3 is 2.61 bits per heavy atom. The predicted octanol–water partition coefficient (Wildman–Crippen LogP) is 2.02. The van der Waals surface area contributed by atoms with Crippen molar-refractivity contribution in [3.63, 3.8) is 0 Å². The fourth-order valence-corrected chi connectivity index (χ4v) is 3.38. The molecule has 0 spiro atoms. The highest BCUT2D eigenvalue weighted by Crippen LogP contribution is 2.26. The van der Waals surface area contributed by atoms with Crippen molar-refractivity contribution in [3.8, 4) is 0 Å². The van der Waals surface area contributed by atoms with Crippen molar-refractivity contribution in [2.75, 3.05) is 31.2 Å². The molecule has 0 bridgehead atoms. The second-order valence-corrected chi connectivity index (χ2v) is 6.74. The maximum absolute atomic E-state index is 12.5. The predicted molar refractivity (Wildman–Crippen MR) is 90.1 cm³/mol. The van der Waals surface area contributed by atoms with E-state index in [0.29, 0.717) is 13.2 Å². The topological polar surface area (TPSA) is 60.2 Å². The van der Waals surface area contributed by atoms with Crippen molar-refractivity contribution in [2.45, 2.75) is 17.3 Å². The summed E-state index contributed by atoms with van der Waals surface area (Å²) in [6, 6.07) is 9.35. The van der Waals surface area contributed by atoms with E-state index >= 15 is 0 Å². The minimum Gasteiger partial charge on any atom is -0.378 e. The van der Waals surface area contributed by atoms with E-state index in [9.17, 15) is 4.79 Å². The number of anilines is 1. The first-order chi connectivity index (χ1) is 11.2. The molecule has 1 aromatic heterocycles. The summed E-state index contributed by atoms with van der Waals surface area (Å²) in [4.78, 5) is 14.6.